The Hall–Kier alpha value is -1.06. The molecule has 4 nitrogen and oxygen atoms in total. The van der Waals surface area contributed by atoms with E-state index in [9.17, 15) is 9.59 Å². The molecule has 2 saturated carbocycles. The van der Waals surface area contributed by atoms with Crippen molar-refractivity contribution in [2.24, 2.45) is 17.3 Å². The van der Waals surface area contributed by atoms with Crippen LogP contribution in [0.3, 0.4) is 0 Å². The van der Waals surface area contributed by atoms with E-state index in [1.807, 2.05) is 0 Å². The first-order valence-electron chi connectivity index (χ1n) is 5.51. The quantitative estimate of drug-likeness (QED) is 0.696. The van der Waals surface area contributed by atoms with E-state index in [2.05, 4.69) is 0 Å². The molecule has 0 aliphatic heterocycles. The zero-order valence-corrected chi connectivity index (χ0v) is 8.61. The number of aliphatic carboxylic acids is 2. The first kappa shape index (κ1) is 10.5. The van der Waals surface area contributed by atoms with Gasteiger partial charge in [-0.05, 0) is 31.1 Å². The van der Waals surface area contributed by atoms with Gasteiger partial charge in [0.2, 0.25) is 0 Å². The normalized spacial score (nSPS) is 25.3. The summed E-state index contributed by atoms with van der Waals surface area (Å²) < 4.78 is 0. The van der Waals surface area contributed by atoms with Gasteiger partial charge in [-0.1, -0.05) is 19.3 Å². The Morgan fingerprint density at radius 1 is 1.07 bits per heavy atom. The molecule has 84 valence electrons. The van der Waals surface area contributed by atoms with Crippen LogP contribution in [-0.4, -0.2) is 22.2 Å². The molecule has 0 aromatic rings. The zero-order valence-electron chi connectivity index (χ0n) is 8.61. The van der Waals surface area contributed by atoms with Gasteiger partial charge in [0.05, 0.1) is 0 Å². The molecule has 0 radical (unpaired) electrons. The van der Waals surface area contributed by atoms with Crippen LogP contribution in [0.4, 0.5) is 0 Å². The molecule has 0 heterocycles. The Bertz CT molecular complexity index is 271. The van der Waals surface area contributed by atoms with Gasteiger partial charge in [0.1, 0.15) is 0 Å². The maximum Gasteiger partial charge on any atom is 0.321 e. The first-order valence-corrected chi connectivity index (χ1v) is 5.51. The molecule has 2 rings (SSSR count). The van der Waals surface area contributed by atoms with Crippen LogP contribution in [0, 0.1) is 17.3 Å². The summed E-state index contributed by atoms with van der Waals surface area (Å²) in [6.45, 7) is 0. The molecule has 0 amide bonds. The highest BCUT2D eigenvalue weighted by Crippen LogP contribution is 2.50. The van der Waals surface area contributed by atoms with Gasteiger partial charge in [-0.15, -0.1) is 0 Å². The lowest BCUT2D eigenvalue weighted by atomic mass is 9.58. The van der Waals surface area contributed by atoms with Crippen molar-refractivity contribution in [3.63, 3.8) is 0 Å². The van der Waals surface area contributed by atoms with Crippen LogP contribution in [0.15, 0.2) is 0 Å². The van der Waals surface area contributed by atoms with Crippen molar-refractivity contribution < 1.29 is 19.8 Å². The molecule has 0 saturated heterocycles. The maximum atomic E-state index is 10.9. The highest BCUT2D eigenvalue weighted by molar-refractivity contribution is 5.99. The third kappa shape index (κ3) is 1.62. The Labute approximate surface area is 88.3 Å². The van der Waals surface area contributed by atoms with Crippen LogP contribution in [0.25, 0.3) is 0 Å². The SMILES string of the molecule is O=C(O)C1(C(=O)O)CC(CC2CCC2)C1. The van der Waals surface area contributed by atoms with Crippen molar-refractivity contribution in [2.75, 3.05) is 0 Å². The molecule has 2 N–H and O–H groups in total. The monoisotopic (exact) mass is 212 g/mol. The molecule has 0 unspecified atom stereocenters. The maximum absolute atomic E-state index is 10.9. The molecule has 0 aromatic carbocycles. The molecule has 0 spiro atoms. The highest BCUT2D eigenvalue weighted by Gasteiger charge is 2.56. The minimum atomic E-state index is -1.46. The minimum absolute atomic E-state index is 0.322. The van der Waals surface area contributed by atoms with Crippen molar-refractivity contribution in [3.05, 3.63) is 0 Å². The number of rotatable bonds is 4. The number of carboxylic acids is 2. The summed E-state index contributed by atoms with van der Waals surface area (Å²) >= 11 is 0. The Morgan fingerprint density at radius 3 is 1.93 bits per heavy atom. The summed E-state index contributed by atoms with van der Waals surface area (Å²) in [6, 6.07) is 0. The summed E-state index contributed by atoms with van der Waals surface area (Å²) in [6.07, 6.45) is 5.44. The second kappa shape index (κ2) is 3.51. The van der Waals surface area contributed by atoms with Gasteiger partial charge in [0.15, 0.2) is 5.41 Å². The average molecular weight is 212 g/mol. The molecule has 0 atom stereocenters. The smallest absolute Gasteiger partial charge is 0.321 e. The van der Waals surface area contributed by atoms with Crippen LogP contribution in [0.5, 0.6) is 0 Å². The third-order valence-corrected chi connectivity index (χ3v) is 3.98. The fraction of sp³-hybridized carbons (Fsp3) is 0.818. The van der Waals surface area contributed by atoms with Crippen molar-refractivity contribution in [1.82, 2.24) is 0 Å². The van der Waals surface area contributed by atoms with Gasteiger partial charge in [0.25, 0.3) is 0 Å². The van der Waals surface area contributed by atoms with E-state index in [1.165, 1.54) is 19.3 Å². The van der Waals surface area contributed by atoms with Crippen LogP contribution >= 0.6 is 0 Å². The molecular weight excluding hydrogens is 196 g/mol. The molecule has 2 fully saturated rings. The molecule has 0 aromatic heterocycles. The average Bonchev–Trinajstić information content (AvgIpc) is 1.96. The Kier molecular flexibility index (Phi) is 2.44. The highest BCUT2D eigenvalue weighted by atomic mass is 16.4. The van der Waals surface area contributed by atoms with E-state index < -0.39 is 17.4 Å². The van der Waals surface area contributed by atoms with Crippen LogP contribution < -0.4 is 0 Å². The number of carboxylic acid groups (broad SMARTS) is 2. The predicted molar refractivity (Wildman–Crippen MR) is 52.4 cm³/mol. The van der Waals surface area contributed by atoms with Crippen molar-refractivity contribution in [3.8, 4) is 0 Å². The molecule has 0 bridgehead atoms. The van der Waals surface area contributed by atoms with Crippen LogP contribution in [0.1, 0.15) is 38.5 Å². The summed E-state index contributed by atoms with van der Waals surface area (Å²) in [5.41, 5.74) is -1.46. The second-order valence-electron chi connectivity index (χ2n) is 5.00. The van der Waals surface area contributed by atoms with Gasteiger partial charge < -0.3 is 10.2 Å². The lowest BCUT2D eigenvalue weighted by Crippen LogP contribution is -2.50. The van der Waals surface area contributed by atoms with Crippen molar-refractivity contribution >= 4 is 11.9 Å². The van der Waals surface area contributed by atoms with Gasteiger partial charge >= 0.3 is 11.9 Å². The topological polar surface area (TPSA) is 74.6 Å². The second-order valence-corrected chi connectivity index (χ2v) is 5.00. The van der Waals surface area contributed by atoms with E-state index in [-0.39, 0.29) is 0 Å². The summed E-state index contributed by atoms with van der Waals surface area (Å²) in [5, 5.41) is 17.8. The standard InChI is InChI=1S/C11H16O4/c12-9(13)11(10(14)15)5-8(6-11)4-7-2-1-3-7/h7-8H,1-6H2,(H,12,13)(H,14,15). The lowest BCUT2D eigenvalue weighted by Gasteiger charge is -2.43. The van der Waals surface area contributed by atoms with Crippen molar-refractivity contribution in [1.29, 1.82) is 0 Å². The molecule has 15 heavy (non-hydrogen) atoms. The molecule has 2 aliphatic carbocycles. The van der Waals surface area contributed by atoms with E-state index in [0.717, 1.165) is 12.3 Å². The van der Waals surface area contributed by atoms with E-state index in [0.29, 0.717) is 18.8 Å². The number of carbonyl (C=O) groups is 2. The molecular formula is C11H16O4. The number of hydrogen-bond acceptors (Lipinski definition) is 2. The van der Waals surface area contributed by atoms with E-state index in [4.69, 9.17) is 10.2 Å². The summed E-state index contributed by atoms with van der Waals surface area (Å²) in [7, 11) is 0. The predicted octanol–water partition coefficient (Wildman–Crippen LogP) is 1.74. The van der Waals surface area contributed by atoms with Crippen molar-refractivity contribution in [2.45, 2.75) is 38.5 Å². The van der Waals surface area contributed by atoms with E-state index in [1.54, 1.807) is 0 Å². The summed E-state index contributed by atoms with van der Waals surface area (Å²) in [4.78, 5) is 21.8. The lowest BCUT2D eigenvalue weighted by molar-refractivity contribution is -0.176. The van der Waals surface area contributed by atoms with Gasteiger partial charge in [-0.3, -0.25) is 9.59 Å². The van der Waals surface area contributed by atoms with Gasteiger partial charge in [0, 0.05) is 0 Å². The number of hydrogen-bond donors (Lipinski definition) is 2. The summed E-state index contributed by atoms with van der Waals surface area (Å²) in [5.74, 6) is -1.28. The zero-order chi connectivity index (χ0) is 11.1. The minimum Gasteiger partial charge on any atom is -0.480 e. The van der Waals surface area contributed by atoms with Crippen LogP contribution in [-0.2, 0) is 9.59 Å². The fourth-order valence-electron chi connectivity index (χ4n) is 2.73. The van der Waals surface area contributed by atoms with E-state index >= 15 is 0 Å². The Morgan fingerprint density at radius 2 is 1.60 bits per heavy atom. The van der Waals surface area contributed by atoms with Gasteiger partial charge in [-0.2, -0.15) is 0 Å². The largest absolute Gasteiger partial charge is 0.480 e. The first-order chi connectivity index (χ1) is 7.04. The van der Waals surface area contributed by atoms with Crippen LogP contribution in [0.2, 0.25) is 0 Å². The Balaban J connectivity index is 1.87. The third-order valence-electron chi connectivity index (χ3n) is 3.98. The fourth-order valence-corrected chi connectivity index (χ4v) is 2.73. The molecule has 4 heteroatoms. The van der Waals surface area contributed by atoms with Gasteiger partial charge in [-0.25, -0.2) is 0 Å². The molecule has 2 aliphatic rings.